The van der Waals surface area contributed by atoms with E-state index in [1.165, 1.54) is 24.2 Å². The van der Waals surface area contributed by atoms with Crippen LogP contribution in [0.5, 0.6) is 0 Å². The van der Waals surface area contributed by atoms with Crippen molar-refractivity contribution in [1.29, 1.82) is 0 Å². The van der Waals surface area contributed by atoms with Crippen molar-refractivity contribution < 1.29 is 0 Å². The maximum atomic E-state index is 5.56. The molecule has 21 heavy (non-hydrogen) atoms. The molecule has 1 aliphatic carbocycles. The van der Waals surface area contributed by atoms with E-state index < -0.39 is 0 Å². The van der Waals surface area contributed by atoms with Crippen LogP contribution in [0.3, 0.4) is 0 Å². The van der Waals surface area contributed by atoms with Gasteiger partial charge in [0.25, 0.3) is 0 Å². The van der Waals surface area contributed by atoms with Crippen LogP contribution < -0.4 is 11.3 Å². The Morgan fingerprint density at radius 3 is 2.67 bits per heavy atom. The van der Waals surface area contributed by atoms with E-state index >= 15 is 0 Å². The Kier molecular flexibility index (Phi) is 3.41. The number of hydrogen-bond donors (Lipinski definition) is 2. The summed E-state index contributed by atoms with van der Waals surface area (Å²) in [6, 6.07) is 1.87. The lowest BCUT2D eigenvalue weighted by Crippen LogP contribution is -2.20. The number of aryl methyl sites for hydroxylation is 1. The highest BCUT2D eigenvalue weighted by Gasteiger charge is 2.22. The van der Waals surface area contributed by atoms with Gasteiger partial charge < -0.3 is 5.43 Å². The third kappa shape index (κ3) is 2.63. The molecule has 0 spiro atoms. The van der Waals surface area contributed by atoms with Gasteiger partial charge in [-0.25, -0.2) is 20.8 Å². The highest BCUT2D eigenvalue weighted by molar-refractivity contribution is 5.43. The SMILES string of the molecule is CC(C)(C)c1nc(NN)cc(-n2cnc3c2CCCC3)n1. The fraction of sp³-hybridized carbons (Fsp3) is 0.533. The summed E-state index contributed by atoms with van der Waals surface area (Å²) in [7, 11) is 0. The van der Waals surface area contributed by atoms with Crippen LogP contribution >= 0.6 is 0 Å². The molecule has 0 bridgehead atoms. The van der Waals surface area contributed by atoms with Crippen LogP contribution in [-0.4, -0.2) is 19.5 Å². The number of anilines is 1. The van der Waals surface area contributed by atoms with Crippen LogP contribution in [0.15, 0.2) is 12.4 Å². The molecular formula is C15H22N6. The fourth-order valence-electron chi connectivity index (χ4n) is 2.63. The van der Waals surface area contributed by atoms with Gasteiger partial charge in [0.2, 0.25) is 0 Å². The van der Waals surface area contributed by atoms with Crippen LogP contribution in [0.25, 0.3) is 5.82 Å². The van der Waals surface area contributed by atoms with Crippen LogP contribution in [0, 0.1) is 0 Å². The number of hydrazine groups is 1. The van der Waals surface area contributed by atoms with Crippen LogP contribution in [0.4, 0.5) is 5.82 Å². The molecule has 1 aliphatic rings. The second-order valence-electron chi connectivity index (χ2n) is 6.54. The molecule has 2 heterocycles. The van der Waals surface area contributed by atoms with Crippen molar-refractivity contribution in [3.8, 4) is 5.82 Å². The first-order valence-corrected chi connectivity index (χ1v) is 7.40. The summed E-state index contributed by atoms with van der Waals surface area (Å²) in [5, 5.41) is 0. The number of nitrogens with zero attached hydrogens (tertiary/aromatic N) is 4. The van der Waals surface area contributed by atoms with Crippen molar-refractivity contribution >= 4 is 5.82 Å². The summed E-state index contributed by atoms with van der Waals surface area (Å²) in [4.78, 5) is 13.7. The maximum absolute atomic E-state index is 5.56. The molecule has 0 saturated carbocycles. The van der Waals surface area contributed by atoms with Crippen LogP contribution in [0.2, 0.25) is 0 Å². The number of rotatable bonds is 2. The van der Waals surface area contributed by atoms with E-state index in [2.05, 4.69) is 40.7 Å². The van der Waals surface area contributed by atoms with E-state index in [4.69, 9.17) is 10.8 Å². The number of nitrogen functional groups attached to an aromatic ring is 1. The fourth-order valence-corrected chi connectivity index (χ4v) is 2.63. The van der Waals surface area contributed by atoms with Crippen molar-refractivity contribution in [1.82, 2.24) is 19.5 Å². The summed E-state index contributed by atoms with van der Waals surface area (Å²) in [6.45, 7) is 6.28. The maximum Gasteiger partial charge on any atom is 0.145 e. The van der Waals surface area contributed by atoms with Gasteiger partial charge in [0, 0.05) is 17.2 Å². The molecule has 0 aliphatic heterocycles. The molecule has 0 radical (unpaired) electrons. The molecular weight excluding hydrogens is 264 g/mol. The minimum atomic E-state index is -0.137. The topological polar surface area (TPSA) is 81.6 Å². The van der Waals surface area contributed by atoms with Gasteiger partial charge in [0.1, 0.15) is 23.8 Å². The minimum absolute atomic E-state index is 0.137. The normalized spacial score (nSPS) is 14.9. The Balaban J connectivity index is 2.12. The highest BCUT2D eigenvalue weighted by atomic mass is 15.3. The molecule has 112 valence electrons. The van der Waals surface area contributed by atoms with Gasteiger partial charge in [-0.05, 0) is 25.7 Å². The second-order valence-corrected chi connectivity index (χ2v) is 6.54. The summed E-state index contributed by atoms with van der Waals surface area (Å²) < 4.78 is 2.08. The zero-order valence-electron chi connectivity index (χ0n) is 12.8. The van der Waals surface area contributed by atoms with Crippen molar-refractivity contribution in [2.45, 2.75) is 51.9 Å². The lowest BCUT2D eigenvalue weighted by molar-refractivity contribution is 0.543. The smallest absolute Gasteiger partial charge is 0.145 e. The average Bonchev–Trinajstić information content (AvgIpc) is 2.89. The lowest BCUT2D eigenvalue weighted by atomic mass is 9.96. The summed E-state index contributed by atoms with van der Waals surface area (Å²) in [5.41, 5.74) is 4.96. The number of imidazole rings is 1. The van der Waals surface area contributed by atoms with E-state index in [9.17, 15) is 0 Å². The van der Waals surface area contributed by atoms with Crippen molar-refractivity contribution in [2.24, 2.45) is 5.84 Å². The third-order valence-electron chi connectivity index (χ3n) is 3.81. The molecule has 0 unspecified atom stereocenters. The molecule has 6 heteroatoms. The summed E-state index contributed by atoms with van der Waals surface area (Å²) >= 11 is 0. The number of fused-ring (bicyclic) bond motifs is 1. The number of hydrogen-bond acceptors (Lipinski definition) is 5. The molecule has 3 rings (SSSR count). The number of nitrogens with two attached hydrogens (primary N) is 1. The third-order valence-corrected chi connectivity index (χ3v) is 3.81. The first-order chi connectivity index (χ1) is 9.99. The van der Waals surface area contributed by atoms with Crippen molar-refractivity contribution in [3.05, 3.63) is 29.6 Å². The Morgan fingerprint density at radius 1 is 1.19 bits per heavy atom. The predicted octanol–water partition coefficient (Wildman–Crippen LogP) is 2.12. The van der Waals surface area contributed by atoms with E-state index in [1.807, 2.05) is 12.4 Å². The quantitative estimate of drug-likeness (QED) is 0.653. The Labute approximate surface area is 124 Å². The Morgan fingerprint density at radius 2 is 1.95 bits per heavy atom. The number of aromatic nitrogens is 4. The van der Waals surface area contributed by atoms with Gasteiger partial charge in [-0.15, -0.1) is 0 Å². The molecule has 2 aromatic rings. The number of nitrogens with one attached hydrogen (secondary N) is 1. The van der Waals surface area contributed by atoms with Crippen molar-refractivity contribution in [2.75, 3.05) is 5.43 Å². The molecule has 0 atom stereocenters. The molecule has 0 fully saturated rings. The van der Waals surface area contributed by atoms with Gasteiger partial charge in [0.05, 0.1) is 5.69 Å². The largest absolute Gasteiger partial charge is 0.308 e. The monoisotopic (exact) mass is 286 g/mol. The first-order valence-electron chi connectivity index (χ1n) is 7.40. The van der Waals surface area contributed by atoms with E-state index in [-0.39, 0.29) is 5.41 Å². The van der Waals surface area contributed by atoms with Crippen molar-refractivity contribution in [3.63, 3.8) is 0 Å². The molecule has 0 aromatic carbocycles. The molecule has 0 saturated heterocycles. The zero-order chi connectivity index (χ0) is 15.0. The lowest BCUT2D eigenvalue weighted by Gasteiger charge is -2.19. The first kappa shape index (κ1) is 14.0. The van der Waals surface area contributed by atoms with Crippen LogP contribution in [0.1, 0.15) is 50.8 Å². The van der Waals surface area contributed by atoms with Gasteiger partial charge in [-0.2, -0.15) is 0 Å². The minimum Gasteiger partial charge on any atom is -0.308 e. The summed E-state index contributed by atoms with van der Waals surface area (Å²) in [6.07, 6.45) is 6.40. The van der Waals surface area contributed by atoms with Gasteiger partial charge >= 0.3 is 0 Å². The van der Waals surface area contributed by atoms with E-state index in [0.29, 0.717) is 5.82 Å². The Hall–Kier alpha value is -1.95. The van der Waals surface area contributed by atoms with E-state index in [1.54, 1.807) is 0 Å². The summed E-state index contributed by atoms with van der Waals surface area (Å²) in [5.74, 6) is 7.79. The van der Waals surface area contributed by atoms with Gasteiger partial charge in [-0.3, -0.25) is 4.57 Å². The molecule has 2 aromatic heterocycles. The van der Waals surface area contributed by atoms with Gasteiger partial charge in [-0.1, -0.05) is 20.8 Å². The highest BCUT2D eigenvalue weighted by Crippen LogP contribution is 2.25. The Bertz CT molecular complexity index is 653. The van der Waals surface area contributed by atoms with Gasteiger partial charge in [0.15, 0.2) is 0 Å². The zero-order valence-corrected chi connectivity index (χ0v) is 12.8. The standard InChI is InChI=1S/C15H22N6/c1-15(2,3)14-18-12(20-16)8-13(19-14)21-9-17-10-6-4-5-7-11(10)21/h8-9H,4-7,16H2,1-3H3,(H,18,19,20). The second kappa shape index (κ2) is 5.11. The van der Waals surface area contributed by atoms with Crippen LogP contribution in [-0.2, 0) is 18.3 Å². The average molecular weight is 286 g/mol. The predicted molar refractivity (Wildman–Crippen MR) is 82.3 cm³/mol. The molecule has 6 nitrogen and oxygen atoms in total. The van der Waals surface area contributed by atoms with E-state index in [0.717, 1.165) is 24.5 Å². The molecule has 3 N–H and O–H groups in total. The molecule has 0 amide bonds.